The van der Waals surface area contributed by atoms with Crippen molar-refractivity contribution in [3.05, 3.63) is 17.5 Å². The molecule has 1 saturated heterocycles. The summed E-state index contributed by atoms with van der Waals surface area (Å²) in [4.78, 5) is 29.6. The number of anilines is 1. The molecule has 0 bridgehead atoms. The van der Waals surface area contributed by atoms with Gasteiger partial charge in [-0.15, -0.1) is 0 Å². The van der Waals surface area contributed by atoms with Gasteiger partial charge < -0.3 is 26.3 Å². The first-order valence-corrected chi connectivity index (χ1v) is 7.16. The highest BCUT2D eigenvalue weighted by molar-refractivity contribution is 5.95. The number of hydrogen-bond donors (Lipinski definition) is 3. The van der Waals surface area contributed by atoms with E-state index in [4.69, 9.17) is 20.9 Å². The number of rotatable bonds is 5. The van der Waals surface area contributed by atoms with Crippen LogP contribution in [0.2, 0.25) is 0 Å². The highest BCUT2D eigenvalue weighted by atomic mass is 19.4. The second-order valence-electron chi connectivity index (χ2n) is 5.25. The number of nitrogens with two attached hydrogens (primary N) is 2. The SMILES string of the molecule is NC(=O)CO[C@@H]1COCC[C@H]1NC(=O)c1cnc(N)nc1C(F)(F)F. The molecule has 1 aliphatic heterocycles. The third kappa shape index (κ3) is 5.00. The number of carbonyl (C=O) groups excluding carboxylic acids is 2. The Morgan fingerprint density at radius 2 is 2.16 bits per heavy atom. The van der Waals surface area contributed by atoms with Gasteiger partial charge in [-0.2, -0.15) is 13.2 Å². The lowest BCUT2D eigenvalue weighted by atomic mass is 10.0. The van der Waals surface area contributed by atoms with Crippen LogP contribution in [0.15, 0.2) is 6.20 Å². The number of ether oxygens (including phenoxy) is 2. The van der Waals surface area contributed by atoms with Gasteiger partial charge in [0.05, 0.1) is 18.2 Å². The predicted octanol–water partition coefficient (Wildman–Crippen LogP) is -0.533. The molecule has 138 valence electrons. The second kappa shape index (κ2) is 7.61. The van der Waals surface area contributed by atoms with Gasteiger partial charge in [-0.3, -0.25) is 9.59 Å². The summed E-state index contributed by atoms with van der Waals surface area (Å²) >= 11 is 0. The maximum Gasteiger partial charge on any atom is 0.434 e. The third-order valence-corrected chi connectivity index (χ3v) is 3.38. The molecule has 5 N–H and O–H groups in total. The van der Waals surface area contributed by atoms with E-state index in [0.717, 1.165) is 0 Å². The Morgan fingerprint density at radius 1 is 1.44 bits per heavy atom. The van der Waals surface area contributed by atoms with Crippen molar-refractivity contribution in [1.82, 2.24) is 15.3 Å². The summed E-state index contributed by atoms with van der Waals surface area (Å²) in [7, 11) is 0. The van der Waals surface area contributed by atoms with E-state index in [1.54, 1.807) is 0 Å². The van der Waals surface area contributed by atoms with Crippen LogP contribution < -0.4 is 16.8 Å². The molecule has 12 heteroatoms. The summed E-state index contributed by atoms with van der Waals surface area (Å²) in [5.41, 5.74) is 7.95. The van der Waals surface area contributed by atoms with E-state index >= 15 is 0 Å². The summed E-state index contributed by atoms with van der Waals surface area (Å²) in [6.45, 7) is -0.0759. The Kier molecular flexibility index (Phi) is 5.74. The molecule has 0 unspecified atom stereocenters. The summed E-state index contributed by atoms with van der Waals surface area (Å²) in [5, 5.41) is 2.42. The highest BCUT2D eigenvalue weighted by Crippen LogP contribution is 2.30. The van der Waals surface area contributed by atoms with Crippen molar-refractivity contribution in [2.45, 2.75) is 24.7 Å². The number of aromatic nitrogens is 2. The molecule has 25 heavy (non-hydrogen) atoms. The zero-order valence-corrected chi connectivity index (χ0v) is 12.9. The Labute approximate surface area is 139 Å². The molecule has 1 aromatic rings. The fourth-order valence-corrected chi connectivity index (χ4v) is 2.25. The number of primary amides is 1. The molecule has 9 nitrogen and oxygen atoms in total. The molecule has 0 saturated carbocycles. The Bertz CT molecular complexity index is 655. The number of nitrogens with zero attached hydrogens (tertiary/aromatic N) is 2. The molecule has 2 heterocycles. The predicted molar refractivity (Wildman–Crippen MR) is 77.1 cm³/mol. The van der Waals surface area contributed by atoms with Crippen molar-refractivity contribution >= 4 is 17.8 Å². The lowest BCUT2D eigenvalue weighted by Gasteiger charge is -2.31. The van der Waals surface area contributed by atoms with Crippen LogP contribution in [0.3, 0.4) is 0 Å². The van der Waals surface area contributed by atoms with Gasteiger partial charge >= 0.3 is 6.18 Å². The van der Waals surface area contributed by atoms with E-state index in [2.05, 4.69) is 15.3 Å². The normalized spacial score (nSPS) is 20.9. The topological polar surface area (TPSA) is 142 Å². The molecule has 1 fully saturated rings. The zero-order valence-electron chi connectivity index (χ0n) is 12.9. The zero-order chi connectivity index (χ0) is 18.6. The van der Waals surface area contributed by atoms with Gasteiger partial charge in [0.1, 0.15) is 12.7 Å². The summed E-state index contributed by atoms with van der Waals surface area (Å²) < 4.78 is 49.5. The number of halogens is 3. The third-order valence-electron chi connectivity index (χ3n) is 3.38. The Balaban J connectivity index is 2.16. The standard InChI is InChI=1S/C13H16F3N5O4/c14-13(15,16)10-6(3-19-12(18)21-10)11(23)20-7-1-2-24-4-8(7)25-5-9(17)22/h3,7-8H,1-2,4-5H2,(H2,17,22)(H,20,23)(H2,18,19,21)/t7-,8-/m1/s1. The van der Waals surface area contributed by atoms with E-state index in [0.29, 0.717) is 6.20 Å². The first-order valence-electron chi connectivity index (χ1n) is 7.16. The van der Waals surface area contributed by atoms with E-state index in [1.165, 1.54) is 0 Å². The summed E-state index contributed by atoms with van der Waals surface area (Å²) in [5.74, 6) is -2.36. The lowest BCUT2D eigenvalue weighted by Crippen LogP contribution is -2.51. The first kappa shape index (κ1) is 18.9. The maximum absolute atomic E-state index is 13.0. The fourth-order valence-electron chi connectivity index (χ4n) is 2.25. The van der Waals surface area contributed by atoms with Crippen LogP contribution in [0.4, 0.5) is 19.1 Å². The molecule has 0 aliphatic carbocycles. The molecule has 1 aliphatic rings. The number of nitrogen functional groups attached to an aromatic ring is 1. The van der Waals surface area contributed by atoms with E-state index in [1.807, 2.05) is 0 Å². The Hall–Kier alpha value is -2.47. The number of nitrogens with one attached hydrogen (secondary N) is 1. The monoisotopic (exact) mass is 363 g/mol. The van der Waals surface area contributed by atoms with Gasteiger partial charge in [-0.25, -0.2) is 9.97 Å². The van der Waals surface area contributed by atoms with Crippen LogP contribution in [-0.4, -0.2) is 53.7 Å². The van der Waals surface area contributed by atoms with Crippen LogP contribution in [0.25, 0.3) is 0 Å². The molecule has 0 radical (unpaired) electrons. The van der Waals surface area contributed by atoms with Gasteiger partial charge in [0, 0.05) is 12.8 Å². The van der Waals surface area contributed by atoms with Crippen LogP contribution in [0.1, 0.15) is 22.5 Å². The number of carbonyl (C=O) groups is 2. The summed E-state index contributed by atoms with van der Waals surface area (Å²) in [6, 6.07) is -0.667. The highest BCUT2D eigenvalue weighted by Gasteiger charge is 2.39. The smallest absolute Gasteiger partial charge is 0.379 e. The minimum Gasteiger partial charge on any atom is -0.379 e. The average molecular weight is 363 g/mol. The van der Waals surface area contributed by atoms with Crippen LogP contribution in [0, 0.1) is 0 Å². The van der Waals surface area contributed by atoms with Crippen molar-refractivity contribution in [3.8, 4) is 0 Å². The minimum absolute atomic E-state index is 0.0581. The maximum atomic E-state index is 13.0. The molecule has 2 atom stereocenters. The van der Waals surface area contributed by atoms with Gasteiger partial charge in [-0.05, 0) is 6.42 Å². The van der Waals surface area contributed by atoms with Crippen LogP contribution in [0.5, 0.6) is 0 Å². The average Bonchev–Trinajstić information content (AvgIpc) is 2.53. The molecular formula is C13H16F3N5O4. The Morgan fingerprint density at radius 3 is 2.80 bits per heavy atom. The molecule has 1 aromatic heterocycles. The molecule has 2 rings (SSSR count). The largest absolute Gasteiger partial charge is 0.434 e. The summed E-state index contributed by atoms with van der Waals surface area (Å²) in [6.07, 6.45) is -4.61. The second-order valence-corrected chi connectivity index (χ2v) is 5.25. The first-order chi connectivity index (χ1) is 11.7. The lowest BCUT2D eigenvalue weighted by molar-refractivity contribution is -0.141. The minimum atomic E-state index is -4.87. The fraction of sp³-hybridized carbons (Fsp3) is 0.538. The molecule has 0 aromatic carbocycles. The van der Waals surface area contributed by atoms with E-state index in [-0.39, 0.29) is 19.6 Å². The van der Waals surface area contributed by atoms with E-state index in [9.17, 15) is 22.8 Å². The molecule has 2 amide bonds. The molecule has 0 spiro atoms. The van der Waals surface area contributed by atoms with Gasteiger partial charge in [0.25, 0.3) is 5.91 Å². The quantitative estimate of drug-likeness (QED) is 0.638. The van der Waals surface area contributed by atoms with Crippen LogP contribution in [-0.2, 0) is 20.4 Å². The number of hydrogen-bond acceptors (Lipinski definition) is 7. The van der Waals surface area contributed by atoms with Gasteiger partial charge in [0.15, 0.2) is 5.69 Å². The molecular weight excluding hydrogens is 347 g/mol. The van der Waals surface area contributed by atoms with E-state index < -0.39 is 53.9 Å². The van der Waals surface area contributed by atoms with Gasteiger partial charge in [-0.1, -0.05) is 0 Å². The van der Waals surface area contributed by atoms with Crippen molar-refractivity contribution in [3.63, 3.8) is 0 Å². The number of amides is 2. The number of alkyl halides is 3. The van der Waals surface area contributed by atoms with Crippen molar-refractivity contribution in [1.29, 1.82) is 0 Å². The van der Waals surface area contributed by atoms with Gasteiger partial charge in [0.2, 0.25) is 11.9 Å². The van der Waals surface area contributed by atoms with Crippen molar-refractivity contribution in [2.75, 3.05) is 25.6 Å². The van der Waals surface area contributed by atoms with Crippen LogP contribution >= 0.6 is 0 Å². The van der Waals surface area contributed by atoms with Crippen molar-refractivity contribution in [2.24, 2.45) is 5.73 Å². The van der Waals surface area contributed by atoms with Crippen molar-refractivity contribution < 1.29 is 32.2 Å².